The van der Waals surface area contributed by atoms with Crippen LogP contribution in [0.5, 0.6) is 12.0 Å². The van der Waals surface area contributed by atoms with Crippen LogP contribution in [0.2, 0.25) is 0 Å². The third-order valence-corrected chi connectivity index (χ3v) is 1.49. The molecule has 78 valence electrons. The van der Waals surface area contributed by atoms with E-state index in [4.69, 9.17) is 9.47 Å². The summed E-state index contributed by atoms with van der Waals surface area (Å²) in [5.41, 5.74) is 0. The van der Waals surface area contributed by atoms with Crippen molar-refractivity contribution in [3.63, 3.8) is 0 Å². The molecule has 0 atom stereocenters. The third kappa shape index (κ3) is 2.72. The number of hydrogen-bond donors (Lipinski definition) is 1. The molecule has 0 unspecified atom stereocenters. The largest absolute Gasteiger partial charge is 0.467 e. The minimum atomic E-state index is 0.246. The lowest BCUT2D eigenvalue weighted by atomic mass is 10.5. The van der Waals surface area contributed by atoms with Gasteiger partial charge in [-0.3, -0.25) is 0 Å². The highest BCUT2D eigenvalue weighted by atomic mass is 16.5. The molecule has 14 heavy (non-hydrogen) atoms. The zero-order valence-electron chi connectivity index (χ0n) is 8.57. The Morgan fingerprint density at radius 3 is 2.07 bits per heavy atom. The van der Waals surface area contributed by atoms with E-state index < -0.39 is 0 Å². The Balaban J connectivity index is 2.81. The molecule has 0 fully saturated rings. The lowest BCUT2D eigenvalue weighted by Gasteiger charge is -2.05. The Morgan fingerprint density at radius 1 is 1.07 bits per heavy atom. The van der Waals surface area contributed by atoms with E-state index in [-0.39, 0.29) is 12.0 Å². The van der Waals surface area contributed by atoms with Gasteiger partial charge in [-0.05, 0) is 6.42 Å². The summed E-state index contributed by atoms with van der Waals surface area (Å²) in [5, 5.41) is 3.02. The molecule has 6 nitrogen and oxygen atoms in total. The maximum Gasteiger partial charge on any atom is 0.324 e. The van der Waals surface area contributed by atoms with Gasteiger partial charge >= 0.3 is 12.0 Å². The van der Waals surface area contributed by atoms with Gasteiger partial charge in [0.2, 0.25) is 5.95 Å². The summed E-state index contributed by atoms with van der Waals surface area (Å²) in [7, 11) is 3.00. The maximum absolute atomic E-state index is 4.90. The van der Waals surface area contributed by atoms with Crippen LogP contribution in [0.3, 0.4) is 0 Å². The van der Waals surface area contributed by atoms with Gasteiger partial charge in [-0.2, -0.15) is 9.97 Å². The van der Waals surface area contributed by atoms with Gasteiger partial charge in [0.25, 0.3) is 0 Å². The summed E-state index contributed by atoms with van der Waals surface area (Å²) in [6.07, 6.45) is 0.996. The Morgan fingerprint density at radius 2 is 1.64 bits per heavy atom. The summed E-state index contributed by atoms with van der Waals surface area (Å²) in [6, 6.07) is 0.492. The van der Waals surface area contributed by atoms with Crippen molar-refractivity contribution in [3.05, 3.63) is 0 Å². The number of nitrogens with zero attached hydrogens (tertiary/aromatic N) is 3. The summed E-state index contributed by atoms with van der Waals surface area (Å²) in [4.78, 5) is 11.9. The van der Waals surface area contributed by atoms with Crippen LogP contribution in [0.1, 0.15) is 13.3 Å². The molecular formula is C8H14N4O2. The molecule has 1 aromatic rings. The van der Waals surface area contributed by atoms with Crippen LogP contribution in [0.4, 0.5) is 5.95 Å². The van der Waals surface area contributed by atoms with Gasteiger partial charge in [0.05, 0.1) is 14.2 Å². The molecule has 1 heterocycles. The molecular weight excluding hydrogens is 184 g/mol. The molecule has 1 aromatic heterocycles. The Bertz CT molecular complexity index is 270. The highest BCUT2D eigenvalue weighted by Gasteiger charge is 2.05. The lowest BCUT2D eigenvalue weighted by Crippen LogP contribution is -2.07. The molecule has 0 aromatic carbocycles. The predicted molar refractivity (Wildman–Crippen MR) is 51.7 cm³/mol. The van der Waals surface area contributed by atoms with Gasteiger partial charge < -0.3 is 14.8 Å². The number of aromatic nitrogens is 3. The predicted octanol–water partition coefficient (Wildman–Crippen LogP) is 0.711. The van der Waals surface area contributed by atoms with Crippen LogP contribution >= 0.6 is 0 Å². The summed E-state index contributed by atoms with van der Waals surface area (Å²) in [6.45, 7) is 2.86. The van der Waals surface area contributed by atoms with Crippen LogP contribution in [0.25, 0.3) is 0 Å². The average Bonchev–Trinajstić information content (AvgIpc) is 2.25. The molecule has 0 aliphatic carbocycles. The average molecular weight is 198 g/mol. The smallest absolute Gasteiger partial charge is 0.324 e. The minimum absolute atomic E-state index is 0.246. The highest BCUT2D eigenvalue weighted by molar-refractivity contribution is 5.27. The number of methoxy groups -OCH3 is 2. The maximum atomic E-state index is 4.90. The topological polar surface area (TPSA) is 69.2 Å². The molecule has 0 amide bonds. The Kier molecular flexibility index (Phi) is 3.90. The summed E-state index contributed by atoms with van der Waals surface area (Å²) in [5.74, 6) is 0.468. The quantitative estimate of drug-likeness (QED) is 0.751. The van der Waals surface area contributed by atoms with Crippen LogP contribution in [0.15, 0.2) is 0 Å². The van der Waals surface area contributed by atoms with E-state index in [9.17, 15) is 0 Å². The van der Waals surface area contributed by atoms with Crippen molar-refractivity contribution in [2.75, 3.05) is 26.1 Å². The number of rotatable bonds is 5. The SMILES string of the molecule is CCCNc1nc(OC)nc(OC)n1. The molecule has 0 radical (unpaired) electrons. The molecule has 6 heteroatoms. The monoisotopic (exact) mass is 198 g/mol. The van der Waals surface area contributed by atoms with Gasteiger partial charge in [-0.25, -0.2) is 0 Å². The van der Waals surface area contributed by atoms with E-state index in [0.29, 0.717) is 5.95 Å². The lowest BCUT2D eigenvalue weighted by molar-refractivity contribution is 0.341. The summed E-state index contributed by atoms with van der Waals surface area (Å²) >= 11 is 0. The van der Waals surface area contributed by atoms with E-state index >= 15 is 0 Å². The van der Waals surface area contributed by atoms with Crippen molar-refractivity contribution >= 4 is 5.95 Å². The number of hydrogen-bond acceptors (Lipinski definition) is 6. The molecule has 0 saturated carbocycles. The van der Waals surface area contributed by atoms with Gasteiger partial charge in [-0.1, -0.05) is 6.92 Å². The van der Waals surface area contributed by atoms with Crippen molar-refractivity contribution in [1.82, 2.24) is 15.0 Å². The fraction of sp³-hybridized carbons (Fsp3) is 0.625. The van der Waals surface area contributed by atoms with Crippen molar-refractivity contribution in [1.29, 1.82) is 0 Å². The van der Waals surface area contributed by atoms with Gasteiger partial charge in [0, 0.05) is 6.54 Å². The van der Waals surface area contributed by atoms with Crippen LogP contribution in [-0.2, 0) is 0 Å². The second-order valence-electron chi connectivity index (χ2n) is 2.56. The van der Waals surface area contributed by atoms with Crippen molar-refractivity contribution in [2.45, 2.75) is 13.3 Å². The molecule has 1 rings (SSSR count). The van der Waals surface area contributed by atoms with Gasteiger partial charge in [0.1, 0.15) is 0 Å². The normalized spacial score (nSPS) is 9.64. The number of ether oxygens (including phenoxy) is 2. The molecule has 0 saturated heterocycles. The first kappa shape index (κ1) is 10.5. The molecule has 0 aliphatic heterocycles. The van der Waals surface area contributed by atoms with Crippen LogP contribution < -0.4 is 14.8 Å². The molecule has 0 spiro atoms. The van der Waals surface area contributed by atoms with E-state index in [1.807, 2.05) is 0 Å². The van der Waals surface area contributed by atoms with E-state index in [1.165, 1.54) is 14.2 Å². The fourth-order valence-electron chi connectivity index (χ4n) is 0.836. The third-order valence-electron chi connectivity index (χ3n) is 1.49. The Labute approximate surface area is 82.7 Å². The van der Waals surface area contributed by atoms with Gasteiger partial charge in [0.15, 0.2) is 0 Å². The number of anilines is 1. The number of nitrogens with one attached hydrogen (secondary N) is 1. The van der Waals surface area contributed by atoms with Crippen LogP contribution in [-0.4, -0.2) is 35.7 Å². The van der Waals surface area contributed by atoms with Crippen molar-refractivity contribution < 1.29 is 9.47 Å². The van der Waals surface area contributed by atoms with Crippen molar-refractivity contribution in [2.24, 2.45) is 0 Å². The summed E-state index contributed by atoms with van der Waals surface area (Å²) < 4.78 is 9.79. The van der Waals surface area contributed by atoms with Crippen LogP contribution in [0, 0.1) is 0 Å². The molecule has 0 bridgehead atoms. The minimum Gasteiger partial charge on any atom is -0.467 e. The first-order valence-electron chi connectivity index (χ1n) is 4.38. The second-order valence-corrected chi connectivity index (χ2v) is 2.56. The Hall–Kier alpha value is -1.59. The standard InChI is InChI=1S/C8H14N4O2/c1-4-5-9-6-10-7(13-2)12-8(11-6)14-3/h4-5H2,1-3H3,(H,9,10,11,12). The first-order valence-corrected chi connectivity index (χ1v) is 4.38. The zero-order chi connectivity index (χ0) is 10.4. The van der Waals surface area contributed by atoms with Gasteiger partial charge in [-0.15, -0.1) is 4.98 Å². The zero-order valence-corrected chi connectivity index (χ0v) is 8.57. The first-order chi connectivity index (χ1) is 6.80. The van der Waals surface area contributed by atoms with Crippen molar-refractivity contribution in [3.8, 4) is 12.0 Å². The highest BCUT2D eigenvalue weighted by Crippen LogP contribution is 2.11. The van der Waals surface area contributed by atoms with E-state index in [1.54, 1.807) is 0 Å². The van der Waals surface area contributed by atoms with E-state index in [0.717, 1.165) is 13.0 Å². The second kappa shape index (κ2) is 5.21. The van der Waals surface area contributed by atoms with E-state index in [2.05, 4.69) is 27.2 Å². The fourth-order valence-corrected chi connectivity index (χ4v) is 0.836. The molecule has 0 aliphatic rings. The molecule has 1 N–H and O–H groups in total.